The van der Waals surface area contributed by atoms with E-state index in [9.17, 15) is 0 Å². The average molecular weight is 475 g/mol. The molecule has 0 saturated heterocycles. The summed E-state index contributed by atoms with van der Waals surface area (Å²) >= 11 is 0. The van der Waals surface area contributed by atoms with Crippen molar-refractivity contribution in [2.45, 2.75) is 6.92 Å². The second kappa shape index (κ2) is 8.69. The Balaban J connectivity index is 1.53. The lowest BCUT2D eigenvalue weighted by molar-refractivity contribution is 1.19. The van der Waals surface area contributed by atoms with Crippen molar-refractivity contribution >= 4 is 49.6 Å². The molecule has 0 amide bonds. The van der Waals surface area contributed by atoms with Crippen LogP contribution in [0.25, 0.3) is 38.3 Å². The first kappa shape index (κ1) is 21.5. The van der Waals surface area contributed by atoms with Gasteiger partial charge >= 0.3 is 0 Å². The third kappa shape index (κ3) is 3.57. The van der Waals surface area contributed by atoms with Crippen molar-refractivity contribution < 1.29 is 0 Å². The van der Waals surface area contributed by atoms with Gasteiger partial charge in [-0.2, -0.15) is 0 Å². The van der Waals surface area contributed by atoms with Gasteiger partial charge in [0.2, 0.25) is 0 Å². The summed E-state index contributed by atoms with van der Waals surface area (Å²) in [6, 6.07) is 50.1. The van der Waals surface area contributed by atoms with Crippen LogP contribution in [0.5, 0.6) is 0 Å². The van der Waals surface area contributed by atoms with Crippen LogP contribution >= 0.6 is 0 Å². The third-order valence-electron chi connectivity index (χ3n) is 7.20. The monoisotopic (exact) mass is 474 g/mol. The van der Waals surface area contributed by atoms with Crippen LogP contribution in [0.1, 0.15) is 5.56 Å². The van der Waals surface area contributed by atoms with Gasteiger partial charge in [0, 0.05) is 33.2 Å². The molecule has 0 saturated carbocycles. The Morgan fingerprint density at radius 3 is 1.78 bits per heavy atom. The molecular weight excluding hydrogens is 448 g/mol. The molecule has 0 aliphatic rings. The predicted molar refractivity (Wildman–Crippen MR) is 158 cm³/mol. The highest BCUT2D eigenvalue weighted by molar-refractivity contribution is 6.12. The van der Waals surface area contributed by atoms with Gasteiger partial charge in [-0.25, -0.2) is 0 Å². The number of rotatable bonds is 4. The lowest BCUT2D eigenvalue weighted by Crippen LogP contribution is -2.09. The standard InChI is InChI=1S/C35H26N2/c1-25-19-21-34-31(23-25)32-24-29(36(27-13-4-2-5-14-27)28-15-6-3-7-16-28)20-22-35(32)37(34)33-18-10-12-26-11-8-9-17-30(26)33/h2-24H,1H3. The van der Waals surface area contributed by atoms with Gasteiger partial charge in [-0.3, -0.25) is 0 Å². The van der Waals surface area contributed by atoms with Gasteiger partial charge in [-0.1, -0.05) is 84.4 Å². The van der Waals surface area contributed by atoms with Crippen molar-refractivity contribution in [2.75, 3.05) is 4.90 Å². The van der Waals surface area contributed by atoms with Crippen molar-refractivity contribution in [1.82, 2.24) is 4.57 Å². The van der Waals surface area contributed by atoms with E-state index >= 15 is 0 Å². The number of nitrogens with zero attached hydrogens (tertiary/aromatic N) is 2. The summed E-state index contributed by atoms with van der Waals surface area (Å²) in [7, 11) is 0. The Kier molecular flexibility index (Phi) is 5.04. The van der Waals surface area contributed by atoms with Crippen molar-refractivity contribution in [1.29, 1.82) is 0 Å². The van der Waals surface area contributed by atoms with Gasteiger partial charge in [-0.05, 0) is 73.0 Å². The summed E-state index contributed by atoms with van der Waals surface area (Å²) < 4.78 is 2.42. The second-order valence-corrected chi connectivity index (χ2v) is 9.56. The Hall–Kier alpha value is -4.82. The van der Waals surface area contributed by atoms with Crippen LogP contribution in [0.2, 0.25) is 0 Å². The highest BCUT2D eigenvalue weighted by Crippen LogP contribution is 2.40. The number of para-hydroxylation sites is 2. The number of fused-ring (bicyclic) bond motifs is 4. The van der Waals surface area contributed by atoms with Crippen molar-refractivity contribution in [3.8, 4) is 5.69 Å². The van der Waals surface area contributed by atoms with E-state index in [1.54, 1.807) is 0 Å². The molecule has 0 fully saturated rings. The van der Waals surface area contributed by atoms with Crippen molar-refractivity contribution in [2.24, 2.45) is 0 Å². The SMILES string of the molecule is Cc1ccc2c(c1)c1cc(N(c3ccccc3)c3ccccc3)ccc1n2-c1cccc2ccccc12. The lowest BCUT2D eigenvalue weighted by Gasteiger charge is -2.25. The molecule has 37 heavy (non-hydrogen) atoms. The van der Waals surface area contributed by atoms with E-state index in [1.807, 2.05) is 0 Å². The van der Waals surface area contributed by atoms with Crippen LogP contribution in [0.15, 0.2) is 140 Å². The largest absolute Gasteiger partial charge is 0.310 e. The molecule has 7 rings (SSSR count). The fourth-order valence-electron chi connectivity index (χ4n) is 5.53. The number of aryl methyl sites for hydroxylation is 1. The maximum atomic E-state index is 2.42. The number of hydrogen-bond acceptors (Lipinski definition) is 1. The topological polar surface area (TPSA) is 8.17 Å². The molecule has 1 heterocycles. The normalized spacial score (nSPS) is 11.4. The van der Waals surface area contributed by atoms with Gasteiger partial charge in [-0.15, -0.1) is 0 Å². The van der Waals surface area contributed by atoms with Crippen LogP contribution in [0.4, 0.5) is 17.1 Å². The first-order valence-electron chi connectivity index (χ1n) is 12.7. The molecule has 0 unspecified atom stereocenters. The van der Waals surface area contributed by atoms with Crippen molar-refractivity contribution in [3.63, 3.8) is 0 Å². The van der Waals surface area contributed by atoms with Gasteiger partial charge in [0.15, 0.2) is 0 Å². The second-order valence-electron chi connectivity index (χ2n) is 9.56. The summed E-state index contributed by atoms with van der Waals surface area (Å²) in [5.41, 5.74) is 8.32. The van der Waals surface area contributed by atoms with Crippen LogP contribution in [-0.2, 0) is 0 Å². The molecule has 7 aromatic rings. The maximum Gasteiger partial charge on any atom is 0.0542 e. The molecule has 0 aliphatic heterocycles. The molecule has 6 aromatic carbocycles. The molecule has 0 radical (unpaired) electrons. The Labute approximate surface area is 216 Å². The first-order chi connectivity index (χ1) is 18.3. The van der Waals surface area contributed by atoms with Crippen molar-refractivity contribution in [3.05, 3.63) is 145 Å². The minimum absolute atomic E-state index is 1.14. The smallest absolute Gasteiger partial charge is 0.0542 e. The van der Waals surface area contributed by atoms with E-state index in [0.717, 1.165) is 17.1 Å². The molecular formula is C35H26N2. The summed E-state index contributed by atoms with van der Waals surface area (Å²) in [5.74, 6) is 0. The van der Waals surface area contributed by atoms with E-state index < -0.39 is 0 Å². The molecule has 0 atom stereocenters. The van der Waals surface area contributed by atoms with E-state index in [1.165, 1.54) is 43.8 Å². The van der Waals surface area contributed by atoms with Crippen LogP contribution < -0.4 is 4.90 Å². The zero-order chi connectivity index (χ0) is 24.8. The lowest BCUT2D eigenvalue weighted by atomic mass is 10.1. The summed E-state index contributed by atoms with van der Waals surface area (Å²) in [4.78, 5) is 2.33. The highest BCUT2D eigenvalue weighted by Gasteiger charge is 2.18. The number of anilines is 3. The van der Waals surface area contributed by atoms with E-state index in [2.05, 4.69) is 156 Å². The quantitative estimate of drug-likeness (QED) is 0.246. The average Bonchev–Trinajstić information content (AvgIpc) is 3.27. The highest BCUT2D eigenvalue weighted by atomic mass is 15.1. The summed E-state index contributed by atoms with van der Waals surface area (Å²) in [6.45, 7) is 2.17. The zero-order valence-corrected chi connectivity index (χ0v) is 20.7. The van der Waals surface area contributed by atoms with Crippen LogP contribution in [0, 0.1) is 6.92 Å². The fourth-order valence-corrected chi connectivity index (χ4v) is 5.53. The van der Waals surface area contributed by atoms with Crippen LogP contribution in [0.3, 0.4) is 0 Å². The molecule has 0 bridgehead atoms. The molecule has 0 spiro atoms. The molecule has 0 aliphatic carbocycles. The van der Waals surface area contributed by atoms with Gasteiger partial charge in [0.25, 0.3) is 0 Å². The molecule has 1 aromatic heterocycles. The summed E-state index contributed by atoms with van der Waals surface area (Å²) in [5, 5.41) is 5.02. The Bertz CT molecular complexity index is 1840. The van der Waals surface area contributed by atoms with E-state index in [4.69, 9.17) is 0 Å². The van der Waals surface area contributed by atoms with E-state index in [-0.39, 0.29) is 0 Å². The Morgan fingerprint density at radius 2 is 1.05 bits per heavy atom. The first-order valence-corrected chi connectivity index (χ1v) is 12.7. The van der Waals surface area contributed by atoms with Gasteiger partial charge < -0.3 is 9.47 Å². The Morgan fingerprint density at radius 1 is 0.459 bits per heavy atom. The number of benzene rings is 6. The summed E-state index contributed by atoms with van der Waals surface area (Å²) in [6.07, 6.45) is 0. The maximum absolute atomic E-state index is 2.42. The minimum atomic E-state index is 1.14. The van der Waals surface area contributed by atoms with Gasteiger partial charge in [0.1, 0.15) is 0 Å². The third-order valence-corrected chi connectivity index (χ3v) is 7.20. The molecule has 176 valence electrons. The molecule has 2 heteroatoms. The predicted octanol–water partition coefficient (Wildman–Crippen LogP) is 9.72. The minimum Gasteiger partial charge on any atom is -0.310 e. The zero-order valence-electron chi connectivity index (χ0n) is 20.7. The molecule has 2 nitrogen and oxygen atoms in total. The van der Waals surface area contributed by atoms with Crippen LogP contribution in [-0.4, -0.2) is 4.57 Å². The fraction of sp³-hybridized carbons (Fsp3) is 0.0286. The number of hydrogen-bond donors (Lipinski definition) is 0. The van der Waals surface area contributed by atoms with Gasteiger partial charge in [0.05, 0.1) is 16.7 Å². The number of aromatic nitrogens is 1. The molecule has 0 N–H and O–H groups in total. The van der Waals surface area contributed by atoms with E-state index in [0.29, 0.717) is 0 Å².